The lowest BCUT2D eigenvalue weighted by molar-refractivity contribution is 0.115. The first-order valence-electron chi connectivity index (χ1n) is 14.1. The highest BCUT2D eigenvalue weighted by molar-refractivity contribution is 6.99. The molecule has 0 spiro atoms. The average Bonchev–Trinajstić information content (AvgIpc) is 3.42. The van der Waals surface area contributed by atoms with Gasteiger partial charge in [-0.3, -0.25) is 0 Å². The summed E-state index contributed by atoms with van der Waals surface area (Å²) in [7, 11) is -2.67. The minimum Gasteiger partial charge on any atom is -0.505 e. The fraction of sp³-hybridized carbons (Fsp3) is 0.314. The van der Waals surface area contributed by atoms with Gasteiger partial charge in [0.1, 0.15) is 0 Å². The van der Waals surface area contributed by atoms with Gasteiger partial charge in [-0.25, -0.2) is 4.39 Å². The van der Waals surface area contributed by atoms with Crippen molar-refractivity contribution < 1.29 is 18.7 Å². The average molecular weight is 557 g/mol. The van der Waals surface area contributed by atoms with Crippen molar-refractivity contribution >= 4 is 24.8 Å². The number of halogens is 1. The number of ether oxygens (including phenoxy) is 1. The summed E-state index contributed by atoms with van der Waals surface area (Å²) in [6.45, 7) is 14.4. The van der Waals surface area contributed by atoms with Crippen LogP contribution in [0.1, 0.15) is 52.5 Å². The Kier molecular flexibility index (Phi) is 9.62. The van der Waals surface area contributed by atoms with E-state index in [1.807, 2.05) is 6.08 Å². The van der Waals surface area contributed by atoms with Gasteiger partial charge in [0.15, 0.2) is 11.6 Å². The third-order valence-corrected chi connectivity index (χ3v) is 12.7. The van der Waals surface area contributed by atoms with Crippen LogP contribution >= 0.6 is 0 Å². The van der Waals surface area contributed by atoms with Crippen molar-refractivity contribution in [2.24, 2.45) is 0 Å². The van der Waals surface area contributed by atoms with Crippen LogP contribution in [0.25, 0.3) is 6.08 Å². The van der Waals surface area contributed by atoms with Gasteiger partial charge in [0.2, 0.25) is 0 Å². The summed E-state index contributed by atoms with van der Waals surface area (Å²) in [6, 6.07) is 25.8. The molecule has 0 saturated heterocycles. The lowest BCUT2D eigenvalue weighted by atomic mass is 9.96. The van der Waals surface area contributed by atoms with Crippen LogP contribution in [-0.2, 0) is 9.16 Å². The first kappa shape index (κ1) is 29.7. The SMILES string of the molecule is C=C(CO[Si](c1ccccc1)(c1ccccc1)C(C)(C)C)C1=CCOC1CC/C(=C/c1ccc(O)c(F)c1)CC. The Labute approximate surface area is 239 Å². The summed E-state index contributed by atoms with van der Waals surface area (Å²) in [5.41, 5.74) is 4.02. The normalized spacial score (nSPS) is 16.2. The number of aromatic hydroxyl groups is 1. The van der Waals surface area contributed by atoms with E-state index in [4.69, 9.17) is 9.16 Å². The van der Waals surface area contributed by atoms with Gasteiger partial charge >= 0.3 is 0 Å². The molecule has 3 nitrogen and oxygen atoms in total. The predicted molar refractivity (Wildman–Crippen MR) is 166 cm³/mol. The van der Waals surface area contributed by atoms with E-state index in [2.05, 4.69) is 101 Å². The number of phenols is 1. The molecule has 3 aromatic carbocycles. The molecule has 0 amide bonds. The molecule has 1 unspecified atom stereocenters. The van der Waals surface area contributed by atoms with E-state index in [-0.39, 0.29) is 16.9 Å². The molecule has 4 rings (SSSR count). The molecule has 1 N–H and O–H groups in total. The lowest BCUT2D eigenvalue weighted by Crippen LogP contribution is -2.66. The minimum absolute atomic E-state index is 0.0539. The highest BCUT2D eigenvalue weighted by Crippen LogP contribution is 2.38. The van der Waals surface area contributed by atoms with Crippen molar-refractivity contribution in [3.63, 3.8) is 0 Å². The zero-order chi connectivity index (χ0) is 28.8. The number of hydrogen-bond acceptors (Lipinski definition) is 3. The number of allylic oxidation sites excluding steroid dienone is 1. The van der Waals surface area contributed by atoms with Gasteiger partial charge < -0.3 is 14.3 Å². The zero-order valence-electron chi connectivity index (χ0n) is 24.1. The quantitative estimate of drug-likeness (QED) is 0.248. The highest BCUT2D eigenvalue weighted by atomic mass is 28.4. The Morgan fingerprint density at radius 3 is 2.23 bits per heavy atom. The van der Waals surface area contributed by atoms with Crippen LogP contribution in [0, 0.1) is 5.82 Å². The maximum absolute atomic E-state index is 13.8. The van der Waals surface area contributed by atoms with E-state index in [1.54, 1.807) is 6.07 Å². The van der Waals surface area contributed by atoms with Crippen LogP contribution in [0.3, 0.4) is 0 Å². The Morgan fingerprint density at radius 1 is 1.05 bits per heavy atom. The number of benzene rings is 3. The fourth-order valence-electron chi connectivity index (χ4n) is 5.64. The molecule has 0 radical (unpaired) electrons. The Hall–Kier alpha value is -3.25. The predicted octanol–water partition coefficient (Wildman–Crippen LogP) is 7.56. The van der Waals surface area contributed by atoms with Gasteiger partial charge in [0.25, 0.3) is 8.32 Å². The maximum atomic E-state index is 13.8. The van der Waals surface area contributed by atoms with Gasteiger partial charge in [-0.1, -0.05) is 119 Å². The molecule has 0 aliphatic carbocycles. The lowest BCUT2D eigenvalue weighted by Gasteiger charge is -2.43. The van der Waals surface area contributed by atoms with Crippen molar-refractivity contribution in [1.82, 2.24) is 0 Å². The van der Waals surface area contributed by atoms with Crippen molar-refractivity contribution in [3.8, 4) is 5.75 Å². The van der Waals surface area contributed by atoms with E-state index in [1.165, 1.54) is 28.1 Å². The van der Waals surface area contributed by atoms with Crippen LogP contribution in [0.15, 0.2) is 108 Å². The molecule has 1 atom stereocenters. The summed E-state index contributed by atoms with van der Waals surface area (Å²) in [5.74, 6) is -0.936. The first-order valence-corrected chi connectivity index (χ1v) is 16.0. The topological polar surface area (TPSA) is 38.7 Å². The van der Waals surface area contributed by atoms with Gasteiger partial charge in [-0.15, -0.1) is 0 Å². The summed E-state index contributed by atoms with van der Waals surface area (Å²) in [6.07, 6.45) is 6.57. The maximum Gasteiger partial charge on any atom is 0.261 e. The summed E-state index contributed by atoms with van der Waals surface area (Å²) < 4.78 is 27.1. The van der Waals surface area contributed by atoms with Crippen molar-refractivity contribution in [2.75, 3.05) is 13.2 Å². The van der Waals surface area contributed by atoms with Gasteiger partial charge in [-0.2, -0.15) is 0 Å². The first-order chi connectivity index (χ1) is 19.2. The molecule has 1 aliphatic rings. The molecule has 0 aromatic heterocycles. The van der Waals surface area contributed by atoms with E-state index >= 15 is 0 Å². The van der Waals surface area contributed by atoms with Crippen LogP contribution in [0.4, 0.5) is 4.39 Å². The smallest absolute Gasteiger partial charge is 0.261 e. The van der Waals surface area contributed by atoms with E-state index in [9.17, 15) is 9.50 Å². The highest BCUT2D eigenvalue weighted by Gasteiger charge is 2.50. The standard InChI is InChI=1S/C35H41FO3Si/c1-6-27(23-28-17-19-33(37)32(36)24-28)18-20-34-31(21-22-38-34)26(2)25-39-40(35(3,4)5,29-13-9-7-10-14-29)30-15-11-8-12-16-30/h7-17,19,21,23-24,34,37H,2,6,18,20,22,25H2,1,3-5H3/b27-23+. The Bertz CT molecular complexity index is 1320. The zero-order valence-corrected chi connectivity index (χ0v) is 25.1. The number of rotatable bonds is 11. The second kappa shape index (κ2) is 12.9. The summed E-state index contributed by atoms with van der Waals surface area (Å²) in [5, 5.41) is 11.9. The van der Waals surface area contributed by atoms with Crippen LogP contribution in [-0.4, -0.2) is 32.7 Å². The van der Waals surface area contributed by atoms with Gasteiger partial charge in [-0.05, 0) is 63.5 Å². The minimum atomic E-state index is -2.67. The second-order valence-electron chi connectivity index (χ2n) is 11.4. The van der Waals surface area contributed by atoms with Gasteiger partial charge in [0.05, 0.1) is 19.3 Å². The molecule has 1 heterocycles. The number of phenolic OH excluding ortho intramolecular Hbond substituents is 1. The molecular formula is C35H41FO3Si. The molecule has 40 heavy (non-hydrogen) atoms. The largest absolute Gasteiger partial charge is 0.505 e. The van der Waals surface area contributed by atoms with Crippen molar-refractivity contribution in [1.29, 1.82) is 0 Å². The molecule has 3 aromatic rings. The van der Waals surface area contributed by atoms with E-state index in [0.29, 0.717) is 13.2 Å². The monoisotopic (exact) mass is 556 g/mol. The molecule has 0 bridgehead atoms. The van der Waals surface area contributed by atoms with Crippen molar-refractivity contribution in [3.05, 3.63) is 120 Å². The van der Waals surface area contributed by atoms with Crippen LogP contribution < -0.4 is 10.4 Å². The molecule has 1 aliphatic heterocycles. The van der Waals surface area contributed by atoms with Gasteiger partial charge in [0, 0.05) is 0 Å². The third-order valence-electron chi connectivity index (χ3n) is 7.76. The van der Waals surface area contributed by atoms with Crippen LogP contribution in [0.5, 0.6) is 5.75 Å². The van der Waals surface area contributed by atoms with Crippen molar-refractivity contribution in [2.45, 2.75) is 58.1 Å². The third kappa shape index (κ3) is 6.55. The fourth-order valence-corrected chi connectivity index (χ4v) is 10.2. The molecule has 0 saturated carbocycles. The van der Waals surface area contributed by atoms with Crippen LogP contribution in [0.2, 0.25) is 5.04 Å². The van der Waals surface area contributed by atoms with E-state index < -0.39 is 14.1 Å². The molecule has 210 valence electrons. The second-order valence-corrected chi connectivity index (χ2v) is 15.7. The summed E-state index contributed by atoms with van der Waals surface area (Å²) in [4.78, 5) is 0. The Morgan fingerprint density at radius 2 is 1.68 bits per heavy atom. The number of hydrogen-bond donors (Lipinski definition) is 1. The Balaban J connectivity index is 1.51. The van der Waals surface area contributed by atoms with E-state index in [0.717, 1.165) is 36.0 Å². The molecule has 5 heteroatoms. The summed E-state index contributed by atoms with van der Waals surface area (Å²) >= 11 is 0. The molecule has 0 fully saturated rings. The molecular weight excluding hydrogens is 515 g/mol.